The van der Waals surface area contributed by atoms with Gasteiger partial charge < -0.3 is 15.3 Å². The highest BCUT2D eigenvalue weighted by molar-refractivity contribution is 5.76. The van der Waals surface area contributed by atoms with Crippen molar-refractivity contribution in [3.05, 3.63) is 35.6 Å². The van der Waals surface area contributed by atoms with Gasteiger partial charge in [0.2, 0.25) is 5.91 Å². The molecule has 0 aliphatic carbocycles. The van der Waals surface area contributed by atoms with Crippen molar-refractivity contribution in [2.75, 3.05) is 26.7 Å². The Morgan fingerprint density at radius 3 is 2.86 bits per heavy atom. The molecule has 1 aromatic rings. The van der Waals surface area contributed by atoms with Gasteiger partial charge in [-0.3, -0.25) is 4.79 Å². The summed E-state index contributed by atoms with van der Waals surface area (Å²) in [5.74, 6) is 0.0774. The molecule has 22 heavy (non-hydrogen) atoms. The molecule has 1 saturated heterocycles. The molecular formula is C17H25FN2O2. The summed E-state index contributed by atoms with van der Waals surface area (Å²) < 4.78 is 13.1. The standard InChI is InChI=1S/C17H25FN2O2/c1-20-9-6-13(7-10-20)5-8-19-17(22)12-16(21)14-3-2-4-15(18)11-14/h2-4,11,13,16,21H,5-10,12H2,1H3,(H,19,22). The van der Waals surface area contributed by atoms with Gasteiger partial charge in [-0.25, -0.2) is 4.39 Å². The van der Waals surface area contributed by atoms with E-state index in [0.29, 0.717) is 18.0 Å². The first kappa shape index (κ1) is 16.9. The lowest BCUT2D eigenvalue weighted by molar-refractivity contribution is -0.123. The van der Waals surface area contributed by atoms with Gasteiger partial charge in [0.05, 0.1) is 12.5 Å². The number of likely N-dealkylation sites (tertiary alicyclic amines) is 1. The maximum absolute atomic E-state index is 13.1. The van der Waals surface area contributed by atoms with Crippen molar-refractivity contribution < 1.29 is 14.3 Å². The Kier molecular flexibility index (Phi) is 6.34. The highest BCUT2D eigenvalue weighted by atomic mass is 19.1. The van der Waals surface area contributed by atoms with Crippen LogP contribution >= 0.6 is 0 Å². The smallest absolute Gasteiger partial charge is 0.222 e. The number of halogens is 1. The van der Waals surface area contributed by atoms with Gasteiger partial charge in [0.25, 0.3) is 0 Å². The van der Waals surface area contributed by atoms with E-state index in [1.165, 1.54) is 31.0 Å². The Bertz CT molecular complexity index is 487. The summed E-state index contributed by atoms with van der Waals surface area (Å²) in [6.07, 6.45) is 2.35. The van der Waals surface area contributed by atoms with E-state index >= 15 is 0 Å². The third kappa shape index (κ3) is 5.39. The summed E-state index contributed by atoms with van der Waals surface area (Å²) in [5.41, 5.74) is 0.436. The highest BCUT2D eigenvalue weighted by Crippen LogP contribution is 2.19. The highest BCUT2D eigenvalue weighted by Gasteiger charge is 2.17. The number of rotatable bonds is 6. The number of hydrogen-bond acceptors (Lipinski definition) is 3. The Labute approximate surface area is 131 Å². The molecule has 5 heteroatoms. The second-order valence-electron chi connectivity index (χ2n) is 6.16. The van der Waals surface area contributed by atoms with Gasteiger partial charge in [-0.2, -0.15) is 0 Å². The van der Waals surface area contributed by atoms with E-state index in [-0.39, 0.29) is 12.3 Å². The molecule has 1 aliphatic heterocycles. The molecule has 0 spiro atoms. The summed E-state index contributed by atoms with van der Waals surface area (Å²) in [6.45, 7) is 2.89. The lowest BCUT2D eigenvalue weighted by Crippen LogP contribution is -2.33. The number of piperidine rings is 1. The minimum Gasteiger partial charge on any atom is -0.388 e. The molecule has 1 heterocycles. The van der Waals surface area contributed by atoms with Crippen LogP contribution in [0.25, 0.3) is 0 Å². The summed E-state index contributed by atoms with van der Waals surface area (Å²) in [7, 11) is 2.13. The van der Waals surface area contributed by atoms with E-state index in [2.05, 4.69) is 17.3 Å². The molecule has 1 amide bonds. The summed E-state index contributed by atoms with van der Waals surface area (Å²) in [4.78, 5) is 14.2. The molecule has 4 nitrogen and oxygen atoms in total. The third-order valence-electron chi connectivity index (χ3n) is 4.33. The van der Waals surface area contributed by atoms with Crippen molar-refractivity contribution in [1.82, 2.24) is 10.2 Å². The van der Waals surface area contributed by atoms with E-state index in [4.69, 9.17) is 0 Å². The topological polar surface area (TPSA) is 52.6 Å². The number of benzene rings is 1. The Morgan fingerprint density at radius 1 is 1.45 bits per heavy atom. The molecule has 1 unspecified atom stereocenters. The van der Waals surface area contributed by atoms with E-state index in [1.54, 1.807) is 6.07 Å². The van der Waals surface area contributed by atoms with Crippen molar-refractivity contribution in [2.24, 2.45) is 5.92 Å². The van der Waals surface area contributed by atoms with Crippen molar-refractivity contribution >= 4 is 5.91 Å². The second kappa shape index (κ2) is 8.25. The van der Waals surface area contributed by atoms with Crippen molar-refractivity contribution in [3.63, 3.8) is 0 Å². The number of hydrogen-bond donors (Lipinski definition) is 2. The lowest BCUT2D eigenvalue weighted by Gasteiger charge is -2.28. The molecule has 1 atom stereocenters. The lowest BCUT2D eigenvalue weighted by atomic mass is 9.94. The van der Waals surface area contributed by atoms with Crippen LogP contribution in [-0.2, 0) is 4.79 Å². The van der Waals surface area contributed by atoms with E-state index < -0.39 is 11.9 Å². The fourth-order valence-corrected chi connectivity index (χ4v) is 2.85. The maximum atomic E-state index is 13.1. The summed E-state index contributed by atoms with van der Waals surface area (Å²) in [6, 6.07) is 5.74. The quantitative estimate of drug-likeness (QED) is 0.846. The molecule has 0 saturated carbocycles. The van der Waals surface area contributed by atoms with Crippen LogP contribution in [0.5, 0.6) is 0 Å². The molecule has 1 fully saturated rings. The molecule has 1 aliphatic rings. The van der Waals surface area contributed by atoms with Gasteiger partial charge in [-0.15, -0.1) is 0 Å². The average Bonchev–Trinajstić information content (AvgIpc) is 2.49. The third-order valence-corrected chi connectivity index (χ3v) is 4.33. The number of carbonyl (C=O) groups excluding carboxylic acids is 1. The molecule has 2 rings (SSSR count). The SMILES string of the molecule is CN1CCC(CCNC(=O)CC(O)c2cccc(F)c2)CC1. The van der Waals surface area contributed by atoms with Crippen molar-refractivity contribution in [3.8, 4) is 0 Å². The zero-order valence-electron chi connectivity index (χ0n) is 13.1. The van der Waals surface area contributed by atoms with Gasteiger partial charge in [0, 0.05) is 6.54 Å². The summed E-state index contributed by atoms with van der Waals surface area (Å²) >= 11 is 0. The first-order valence-electron chi connectivity index (χ1n) is 7.93. The van der Waals surface area contributed by atoms with Crippen LogP contribution < -0.4 is 5.32 Å². The molecular weight excluding hydrogens is 283 g/mol. The van der Waals surface area contributed by atoms with Gasteiger partial charge >= 0.3 is 0 Å². The zero-order valence-corrected chi connectivity index (χ0v) is 13.1. The van der Waals surface area contributed by atoms with Gasteiger partial charge in [-0.1, -0.05) is 12.1 Å². The van der Waals surface area contributed by atoms with Crippen LogP contribution in [-0.4, -0.2) is 42.6 Å². The van der Waals surface area contributed by atoms with Gasteiger partial charge in [0.1, 0.15) is 5.82 Å². The predicted molar refractivity (Wildman–Crippen MR) is 83.8 cm³/mol. The van der Waals surface area contributed by atoms with E-state index in [9.17, 15) is 14.3 Å². The van der Waals surface area contributed by atoms with E-state index in [1.807, 2.05) is 0 Å². The van der Waals surface area contributed by atoms with Crippen molar-refractivity contribution in [1.29, 1.82) is 0 Å². The van der Waals surface area contributed by atoms with Gasteiger partial charge in [0.15, 0.2) is 0 Å². The number of nitrogens with one attached hydrogen (secondary N) is 1. The first-order chi connectivity index (χ1) is 10.5. The van der Waals surface area contributed by atoms with Crippen molar-refractivity contribution in [2.45, 2.75) is 31.8 Å². The molecule has 0 bridgehead atoms. The van der Waals surface area contributed by atoms with Crippen LogP contribution in [0.1, 0.15) is 37.4 Å². The number of carbonyl (C=O) groups is 1. The Morgan fingerprint density at radius 2 is 2.18 bits per heavy atom. The zero-order chi connectivity index (χ0) is 15.9. The molecule has 1 aromatic carbocycles. The summed E-state index contributed by atoms with van der Waals surface area (Å²) in [5, 5.41) is 12.8. The second-order valence-corrected chi connectivity index (χ2v) is 6.16. The Hall–Kier alpha value is -1.46. The fourth-order valence-electron chi connectivity index (χ4n) is 2.85. The van der Waals surface area contributed by atoms with Crippen LogP contribution in [0, 0.1) is 11.7 Å². The Balaban J connectivity index is 1.67. The molecule has 2 N–H and O–H groups in total. The van der Waals surface area contributed by atoms with Crippen LogP contribution in [0.15, 0.2) is 24.3 Å². The van der Waals surface area contributed by atoms with Crippen LogP contribution in [0.4, 0.5) is 4.39 Å². The number of aliphatic hydroxyl groups excluding tert-OH is 1. The number of nitrogens with zero attached hydrogens (tertiary/aromatic N) is 1. The van der Waals surface area contributed by atoms with E-state index in [0.717, 1.165) is 19.5 Å². The van der Waals surface area contributed by atoms with Gasteiger partial charge in [-0.05, 0) is 63.0 Å². The maximum Gasteiger partial charge on any atom is 0.222 e. The first-order valence-corrected chi connectivity index (χ1v) is 7.93. The molecule has 122 valence electrons. The minimum absolute atomic E-state index is 0.0309. The monoisotopic (exact) mass is 308 g/mol. The fraction of sp³-hybridized carbons (Fsp3) is 0.588. The normalized spacial score (nSPS) is 18.1. The van der Waals surface area contributed by atoms with Crippen LogP contribution in [0.2, 0.25) is 0 Å². The minimum atomic E-state index is -0.959. The number of aliphatic hydroxyl groups is 1. The number of amides is 1. The molecule has 0 radical (unpaired) electrons. The largest absolute Gasteiger partial charge is 0.388 e. The predicted octanol–water partition coefficient (Wildman–Crippen LogP) is 2.10. The van der Waals surface area contributed by atoms with Crippen LogP contribution in [0.3, 0.4) is 0 Å². The average molecular weight is 308 g/mol. The molecule has 0 aromatic heterocycles.